The first-order valence-corrected chi connectivity index (χ1v) is 15.2. The van der Waals surface area contributed by atoms with Crippen LogP contribution in [-0.4, -0.2) is 0 Å². The van der Waals surface area contributed by atoms with E-state index in [1.807, 2.05) is 0 Å². The molecule has 0 bridgehead atoms. The van der Waals surface area contributed by atoms with Crippen LogP contribution >= 0.6 is 0 Å². The van der Waals surface area contributed by atoms with Gasteiger partial charge in [-0.3, -0.25) is 0 Å². The minimum Gasteiger partial charge on any atom is -0.191 e. The van der Waals surface area contributed by atoms with Crippen LogP contribution in [0.15, 0.2) is 36.7 Å². The molecule has 2 unspecified atom stereocenters. The Balaban J connectivity index is 1.66. The van der Waals surface area contributed by atoms with Gasteiger partial charge in [-0.1, -0.05) is 90.9 Å². The average Bonchev–Trinajstić information content (AvgIpc) is 2.96. The Hall–Kier alpha value is -1.70. The van der Waals surface area contributed by atoms with Crippen molar-refractivity contribution in [3.63, 3.8) is 0 Å². The van der Waals surface area contributed by atoms with Crippen molar-refractivity contribution in [2.45, 2.75) is 149 Å². The quantitative estimate of drug-likeness (QED) is 0.168. The average molecular weight is 479 g/mol. The van der Waals surface area contributed by atoms with Crippen LogP contribution in [0.25, 0.3) is 11.4 Å². The van der Waals surface area contributed by atoms with E-state index in [0.29, 0.717) is 12.1 Å². The summed E-state index contributed by atoms with van der Waals surface area (Å²) >= 11 is 0. The van der Waals surface area contributed by atoms with E-state index in [1.54, 1.807) is 0 Å². The van der Waals surface area contributed by atoms with Crippen LogP contribution in [0.1, 0.15) is 147 Å². The van der Waals surface area contributed by atoms with Crippen LogP contribution in [0.4, 0.5) is 0 Å². The van der Waals surface area contributed by atoms with Crippen LogP contribution in [0, 0.1) is 0 Å². The maximum atomic E-state index is 2.54. The molecule has 2 heteroatoms. The Bertz CT molecular complexity index is 800. The Labute approximate surface area is 217 Å². The normalized spacial score (nSPS) is 17.1. The molecule has 0 saturated carbocycles. The largest absolute Gasteiger partial charge is 0.277 e. The van der Waals surface area contributed by atoms with Gasteiger partial charge in [0.1, 0.15) is 0 Å². The monoisotopic (exact) mass is 478 g/mol. The number of rotatable bonds is 16. The van der Waals surface area contributed by atoms with Crippen molar-refractivity contribution in [2.24, 2.45) is 0 Å². The molecule has 2 atom stereocenters. The summed E-state index contributed by atoms with van der Waals surface area (Å²) in [6.07, 6.45) is 27.7. The fourth-order valence-corrected chi connectivity index (χ4v) is 5.89. The Morgan fingerprint density at radius 3 is 1.34 bits per heavy atom. The third kappa shape index (κ3) is 8.72. The Morgan fingerprint density at radius 1 is 0.571 bits per heavy atom. The van der Waals surface area contributed by atoms with Crippen molar-refractivity contribution in [3.05, 3.63) is 47.8 Å². The third-order valence-corrected chi connectivity index (χ3v) is 8.13. The molecule has 0 aliphatic carbocycles. The SMILES string of the molecule is CCCCCCCCCc1cc[n+]2c(c1)-c1cc(CCCCCCCCC)cc[n+]1C(C)CC2C. The number of aryl methyl sites for hydroxylation is 2. The van der Waals surface area contributed by atoms with Gasteiger partial charge in [0, 0.05) is 24.3 Å². The first-order chi connectivity index (χ1) is 17.1. The van der Waals surface area contributed by atoms with E-state index < -0.39 is 0 Å². The second kappa shape index (κ2) is 15.4. The van der Waals surface area contributed by atoms with Crippen molar-refractivity contribution >= 4 is 0 Å². The molecular weight excluding hydrogens is 424 g/mol. The molecule has 3 heterocycles. The molecule has 0 fully saturated rings. The third-order valence-electron chi connectivity index (χ3n) is 8.13. The number of pyridine rings is 2. The van der Waals surface area contributed by atoms with E-state index in [4.69, 9.17) is 0 Å². The lowest BCUT2D eigenvalue weighted by Gasteiger charge is -2.08. The summed E-state index contributed by atoms with van der Waals surface area (Å²) in [6, 6.07) is 10.8. The van der Waals surface area contributed by atoms with Gasteiger partial charge in [-0.2, -0.15) is 9.13 Å². The van der Waals surface area contributed by atoms with Crippen LogP contribution in [0.5, 0.6) is 0 Å². The lowest BCUT2D eigenvalue weighted by Crippen LogP contribution is -2.40. The molecule has 2 aromatic rings. The van der Waals surface area contributed by atoms with Crippen LogP contribution in [0.2, 0.25) is 0 Å². The maximum absolute atomic E-state index is 2.54. The molecule has 0 spiro atoms. The Kier molecular flexibility index (Phi) is 12.3. The molecular formula is C33H54N2+2. The predicted molar refractivity (Wildman–Crippen MR) is 150 cm³/mol. The minimum atomic E-state index is 0.527. The van der Waals surface area contributed by atoms with E-state index in [9.17, 15) is 0 Å². The molecule has 0 aromatic carbocycles. The van der Waals surface area contributed by atoms with E-state index in [1.165, 1.54) is 132 Å². The van der Waals surface area contributed by atoms with Crippen molar-refractivity contribution < 1.29 is 9.13 Å². The molecule has 0 saturated heterocycles. The van der Waals surface area contributed by atoms with Crippen LogP contribution < -0.4 is 9.13 Å². The highest BCUT2D eigenvalue weighted by molar-refractivity contribution is 5.49. The lowest BCUT2D eigenvalue weighted by molar-refractivity contribution is -0.716. The number of fused-ring (bicyclic) bond motifs is 3. The zero-order chi connectivity index (χ0) is 24.9. The number of nitrogens with zero attached hydrogens (tertiary/aromatic N) is 2. The van der Waals surface area contributed by atoms with Crippen molar-refractivity contribution in [3.8, 4) is 11.4 Å². The fraction of sp³-hybridized carbons (Fsp3) is 0.697. The summed E-state index contributed by atoms with van der Waals surface area (Å²) in [5, 5.41) is 0. The molecule has 194 valence electrons. The zero-order valence-electron chi connectivity index (χ0n) is 23.5. The summed E-state index contributed by atoms with van der Waals surface area (Å²) in [7, 11) is 0. The van der Waals surface area contributed by atoms with Crippen molar-refractivity contribution in [2.75, 3.05) is 0 Å². The maximum Gasteiger partial charge on any atom is 0.277 e. The topological polar surface area (TPSA) is 7.76 Å². The molecule has 1 aliphatic heterocycles. The number of unbranched alkanes of at least 4 members (excludes halogenated alkanes) is 12. The first kappa shape index (κ1) is 27.9. The molecule has 0 radical (unpaired) electrons. The second-order valence-corrected chi connectivity index (χ2v) is 11.3. The van der Waals surface area contributed by atoms with Crippen molar-refractivity contribution in [1.29, 1.82) is 0 Å². The smallest absolute Gasteiger partial charge is 0.191 e. The van der Waals surface area contributed by atoms with Crippen molar-refractivity contribution in [1.82, 2.24) is 0 Å². The van der Waals surface area contributed by atoms with Gasteiger partial charge < -0.3 is 0 Å². The minimum absolute atomic E-state index is 0.527. The van der Waals surface area contributed by atoms with Crippen LogP contribution in [-0.2, 0) is 12.8 Å². The highest BCUT2D eigenvalue weighted by Crippen LogP contribution is 2.26. The molecule has 1 aliphatic rings. The molecule has 0 amide bonds. The predicted octanol–water partition coefficient (Wildman–Crippen LogP) is 9.04. The summed E-state index contributed by atoms with van der Waals surface area (Å²) < 4.78 is 5.09. The number of aromatic nitrogens is 2. The highest BCUT2D eigenvalue weighted by atomic mass is 15.1. The van der Waals surface area contributed by atoms with E-state index >= 15 is 0 Å². The first-order valence-electron chi connectivity index (χ1n) is 15.2. The summed E-state index contributed by atoms with van der Waals surface area (Å²) in [4.78, 5) is 0. The number of hydrogen-bond donors (Lipinski definition) is 0. The highest BCUT2D eigenvalue weighted by Gasteiger charge is 2.35. The standard InChI is InChI=1S/C33H54N2/c1-5-7-9-11-13-15-17-19-30-21-23-34-28(3)25-29(4)35-24-22-31(27-33(35)32(34)26-30)20-18-16-14-12-10-8-6-2/h21-24,26-29H,5-20,25H2,1-4H3/q+2. The van der Waals surface area contributed by atoms with Gasteiger partial charge >= 0.3 is 0 Å². The molecule has 2 aromatic heterocycles. The zero-order valence-corrected chi connectivity index (χ0v) is 23.5. The van der Waals surface area contributed by atoms with Gasteiger partial charge in [-0.05, 0) is 50.7 Å². The lowest BCUT2D eigenvalue weighted by atomic mass is 10.0. The molecule has 3 rings (SSSR count). The fourth-order valence-electron chi connectivity index (χ4n) is 5.89. The summed E-state index contributed by atoms with van der Waals surface area (Å²) in [5.74, 6) is 0. The second-order valence-electron chi connectivity index (χ2n) is 11.3. The number of hydrogen-bond acceptors (Lipinski definition) is 0. The van der Waals surface area contributed by atoms with Gasteiger partial charge in [0.25, 0.3) is 11.4 Å². The molecule has 0 N–H and O–H groups in total. The van der Waals surface area contributed by atoms with Gasteiger partial charge in [-0.15, -0.1) is 0 Å². The Morgan fingerprint density at radius 2 is 0.943 bits per heavy atom. The van der Waals surface area contributed by atoms with Gasteiger partial charge in [0.15, 0.2) is 24.5 Å². The van der Waals surface area contributed by atoms with E-state index in [2.05, 4.69) is 73.5 Å². The van der Waals surface area contributed by atoms with E-state index in [0.717, 1.165) is 0 Å². The van der Waals surface area contributed by atoms with Gasteiger partial charge in [0.2, 0.25) is 0 Å². The molecule has 2 nitrogen and oxygen atoms in total. The summed E-state index contributed by atoms with van der Waals surface area (Å²) in [6.45, 7) is 9.38. The van der Waals surface area contributed by atoms with E-state index in [-0.39, 0.29) is 0 Å². The van der Waals surface area contributed by atoms with Crippen LogP contribution in [0.3, 0.4) is 0 Å². The van der Waals surface area contributed by atoms with Gasteiger partial charge in [-0.25, -0.2) is 0 Å². The summed E-state index contributed by atoms with van der Waals surface area (Å²) in [5.41, 5.74) is 5.86. The van der Waals surface area contributed by atoms with Gasteiger partial charge in [0.05, 0.1) is 6.42 Å². The molecule has 35 heavy (non-hydrogen) atoms.